The van der Waals surface area contributed by atoms with Gasteiger partial charge >= 0.3 is 0 Å². The van der Waals surface area contributed by atoms with Gasteiger partial charge in [-0.15, -0.1) is 0 Å². The molecular weight excluding hydrogens is 262 g/mol. The second kappa shape index (κ2) is 6.75. The number of rotatable bonds is 5. The minimum Gasteiger partial charge on any atom is -0.497 e. The molecule has 108 valence electrons. The van der Waals surface area contributed by atoms with Gasteiger partial charge in [0.25, 0.3) is 0 Å². The number of nitrogens with zero attached hydrogens (tertiary/aromatic N) is 1. The fraction of sp³-hybridized carbons (Fsp3) is 0.167. The van der Waals surface area contributed by atoms with Gasteiger partial charge < -0.3 is 9.64 Å². The molecule has 0 saturated heterocycles. The third kappa shape index (κ3) is 3.72. The molecule has 0 aliphatic rings. The fourth-order valence-corrected chi connectivity index (χ4v) is 2.04. The summed E-state index contributed by atoms with van der Waals surface area (Å²) in [5.74, 6) is 0.782. The Morgan fingerprint density at radius 2 is 1.57 bits per heavy atom. The zero-order chi connectivity index (χ0) is 15.2. The first-order valence-electron chi connectivity index (χ1n) is 6.74. The summed E-state index contributed by atoms with van der Waals surface area (Å²) in [6.07, 6.45) is 1.84. The number of benzene rings is 2. The summed E-state index contributed by atoms with van der Waals surface area (Å²) in [7, 11) is 5.43. The van der Waals surface area contributed by atoms with Crippen LogP contribution >= 0.6 is 0 Å². The van der Waals surface area contributed by atoms with Gasteiger partial charge in [0.15, 0.2) is 5.78 Å². The molecule has 0 bridgehead atoms. The molecule has 0 saturated carbocycles. The number of hydrogen-bond donors (Lipinski definition) is 0. The normalized spacial score (nSPS) is 11.1. The van der Waals surface area contributed by atoms with E-state index in [4.69, 9.17) is 4.74 Å². The van der Waals surface area contributed by atoms with Crippen molar-refractivity contribution in [1.29, 1.82) is 0 Å². The van der Waals surface area contributed by atoms with Crippen LogP contribution in [0.2, 0.25) is 0 Å². The van der Waals surface area contributed by atoms with Gasteiger partial charge in [-0.05, 0) is 17.7 Å². The molecule has 0 atom stereocenters. The maximum Gasteiger partial charge on any atom is 0.195 e. The summed E-state index contributed by atoms with van der Waals surface area (Å²) in [5, 5.41) is 0. The average Bonchev–Trinajstić information content (AvgIpc) is 2.53. The minimum absolute atomic E-state index is 0.00877. The molecule has 0 fully saturated rings. The predicted octanol–water partition coefficient (Wildman–Crippen LogP) is 3.48. The Morgan fingerprint density at radius 1 is 0.952 bits per heavy atom. The lowest BCUT2D eigenvalue weighted by Crippen LogP contribution is -2.09. The van der Waals surface area contributed by atoms with Crippen molar-refractivity contribution in [3.05, 3.63) is 71.9 Å². The van der Waals surface area contributed by atoms with Gasteiger partial charge in [-0.2, -0.15) is 0 Å². The predicted molar refractivity (Wildman–Crippen MR) is 85.4 cm³/mol. The molecule has 0 aromatic heterocycles. The number of methoxy groups -OCH3 is 1. The Kier molecular flexibility index (Phi) is 4.77. The van der Waals surface area contributed by atoms with Crippen LogP contribution in [0.5, 0.6) is 5.75 Å². The van der Waals surface area contributed by atoms with E-state index >= 15 is 0 Å². The number of Topliss-reactive ketones (excluding diaryl/α,β-unsaturated/α-hetero) is 1. The summed E-state index contributed by atoms with van der Waals surface area (Å²) >= 11 is 0. The molecule has 2 aromatic rings. The fourth-order valence-electron chi connectivity index (χ4n) is 2.04. The van der Waals surface area contributed by atoms with E-state index in [0.717, 1.165) is 11.3 Å². The summed E-state index contributed by atoms with van der Waals surface area (Å²) in [6, 6.07) is 16.8. The van der Waals surface area contributed by atoms with E-state index in [2.05, 4.69) is 0 Å². The van der Waals surface area contributed by atoms with Crippen LogP contribution in [0.4, 0.5) is 0 Å². The highest BCUT2D eigenvalue weighted by atomic mass is 16.5. The van der Waals surface area contributed by atoms with Gasteiger partial charge in [0.2, 0.25) is 0 Å². The van der Waals surface area contributed by atoms with Gasteiger partial charge in [-0.25, -0.2) is 0 Å². The highest BCUT2D eigenvalue weighted by Gasteiger charge is 2.14. The molecule has 3 heteroatoms. The van der Waals surface area contributed by atoms with Crippen LogP contribution in [0.15, 0.2) is 60.8 Å². The second-order valence-corrected chi connectivity index (χ2v) is 4.93. The zero-order valence-electron chi connectivity index (χ0n) is 12.5. The van der Waals surface area contributed by atoms with E-state index in [-0.39, 0.29) is 5.78 Å². The minimum atomic E-state index is 0.00877. The Labute approximate surface area is 125 Å². The molecule has 0 aliphatic carbocycles. The first kappa shape index (κ1) is 14.9. The van der Waals surface area contributed by atoms with Crippen molar-refractivity contribution in [1.82, 2.24) is 4.90 Å². The van der Waals surface area contributed by atoms with Gasteiger partial charge in [-0.1, -0.05) is 42.5 Å². The van der Waals surface area contributed by atoms with Crippen molar-refractivity contribution < 1.29 is 9.53 Å². The van der Waals surface area contributed by atoms with E-state index in [0.29, 0.717) is 11.1 Å². The molecule has 0 amide bonds. The molecule has 0 N–H and O–H groups in total. The van der Waals surface area contributed by atoms with E-state index in [1.54, 1.807) is 7.11 Å². The van der Waals surface area contributed by atoms with Crippen LogP contribution in [0, 0.1) is 0 Å². The van der Waals surface area contributed by atoms with Crippen LogP contribution in [-0.4, -0.2) is 31.9 Å². The largest absolute Gasteiger partial charge is 0.497 e. The Morgan fingerprint density at radius 3 is 2.10 bits per heavy atom. The monoisotopic (exact) mass is 281 g/mol. The molecule has 2 rings (SSSR count). The molecule has 0 aliphatic heterocycles. The topological polar surface area (TPSA) is 29.5 Å². The number of ether oxygens (including phenoxy) is 1. The lowest BCUT2D eigenvalue weighted by Gasteiger charge is -2.12. The number of carbonyl (C=O) groups is 1. The number of allylic oxidation sites excluding steroid dienone is 1. The smallest absolute Gasteiger partial charge is 0.195 e. The van der Waals surface area contributed by atoms with Crippen molar-refractivity contribution in [3.63, 3.8) is 0 Å². The van der Waals surface area contributed by atoms with Crippen molar-refractivity contribution in [2.75, 3.05) is 21.2 Å². The first-order chi connectivity index (χ1) is 10.1. The Bertz CT molecular complexity index is 628. The average molecular weight is 281 g/mol. The van der Waals surface area contributed by atoms with Gasteiger partial charge in [0.05, 0.1) is 7.11 Å². The van der Waals surface area contributed by atoms with Gasteiger partial charge in [-0.3, -0.25) is 4.79 Å². The lowest BCUT2D eigenvalue weighted by molar-refractivity contribution is 0.105. The highest BCUT2D eigenvalue weighted by molar-refractivity contribution is 6.28. The SMILES string of the molecule is COc1ccc(/C(=C\N(C)C)C(=O)c2ccccc2)cc1. The van der Waals surface area contributed by atoms with Crippen molar-refractivity contribution in [3.8, 4) is 5.75 Å². The molecular formula is C18H19NO2. The molecule has 0 radical (unpaired) electrons. The van der Waals surface area contributed by atoms with Crippen LogP contribution in [0.3, 0.4) is 0 Å². The second-order valence-electron chi connectivity index (χ2n) is 4.93. The summed E-state index contributed by atoms with van der Waals surface area (Å²) in [5.41, 5.74) is 2.22. The standard InChI is InChI=1S/C18H19NO2/c1-19(2)13-17(14-9-11-16(21-3)12-10-14)18(20)15-7-5-4-6-8-15/h4-13H,1-3H3/b17-13+. The molecule has 0 unspecified atom stereocenters. The van der Waals surface area contributed by atoms with E-state index in [1.165, 1.54) is 0 Å². The third-order valence-electron chi connectivity index (χ3n) is 3.07. The maximum atomic E-state index is 12.7. The highest BCUT2D eigenvalue weighted by Crippen LogP contribution is 2.22. The van der Waals surface area contributed by atoms with E-state index in [1.807, 2.05) is 79.8 Å². The maximum absolute atomic E-state index is 12.7. The Hall–Kier alpha value is -2.55. The van der Waals surface area contributed by atoms with Gasteiger partial charge in [0.1, 0.15) is 5.75 Å². The number of carbonyl (C=O) groups excluding carboxylic acids is 1. The van der Waals surface area contributed by atoms with E-state index in [9.17, 15) is 4.79 Å². The molecule has 0 heterocycles. The number of ketones is 1. The van der Waals surface area contributed by atoms with E-state index < -0.39 is 0 Å². The van der Waals surface area contributed by atoms with Crippen LogP contribution < -0.4 is 4.74 Å². The molecule has 21 heavy (non-hydrogen) atoms. The summed E-state index contributed by atoms with van der Waals surface area (Å²) in [6.45, 7) is 0. The summed E-state index contributed by atoms with van der Waals surface area (Å²) in [4.78, 5) is 14.6. The molecule has 2 aromatic carbocycles. The summed E-state index contributed by atoms with van der Waals surface area (Å²) < 4.78 is 5.16. The van der Waals surface area contributed by atoms with Crippen LogP contribution in [0.25, 0.3) is 5.57 Å². The quantitative estimate of drug-likeness (QED) is 0.620. The van der Waals surface area contributed by atoms with Gasteiger partial charge in [0, 0.05) is 31.4 Å². The van der Waals surface area contributed by atoms with Crippen molar-refractivity contribution in [2.45, 2.75) is 0 Å². The number of hydrogen-bond acceptors (Lipinski definition) is 3. The van der Waals surface area contributed by atoms with Crippen LogP contribution in [-0.2, 0) is 0 Å². The zero-order valence-corrected chi connectivity index (χ0v) is 12.5. The molecule has 3 nitrogen and oxygen atoms in total. The van der Waals surface area contributed by atoms with Crippen molar-refractivity contribution in [2.24, 2.45) is 0 Å². The third-order valence-corrected chi connectivity index (χ3v) is 3.07. The lowest BCUT2D eigenvalue weighted by atomic mass is 9.97. The first-order valence-corrected chi connectivity index (χ1v) is 6.74. The van der Waals surface area contributed by atoms with Crippen LogP contribution in [0.1, 0.15) is 15.9 Å². The molecule has 0 spiro atoms. The van der Waals surface area contributed by atoms with Crippen molar-refractivity contribution >= 4 is 11.4 Å². The Balaban J connectivity index is 2.41.